The number of aromatic amines is 1. The van der Waals surface area contributed by atoms with Crippen LogP contribution in [-0.4, -0.2) is 33.2 Å². The molecule has 2 aromatic heterocycles. The molecule has 2 aromatic carbocycles. The van der Waals surface area contributed by atoms with Crippen molar-refractivity contribution in [2.24, 2.45) is 0 Å². The molecule has 2 heterocycles. The lowest BCUT2D eigenvalue weighted by Gasteiger charge is -2.05. The summed E-state index contributed by atoms with van der Waals surface area (Å²) in [5.41, 5.74) is 2.55. The normalized spacial score (nSPS) is 13.2. The largest absolute Gasteiger partial charge is 0.497 e. The van der Waals surface area contributed by atoms with Crippen LogP contribution in [0.25, 0.3) is 22.7 Å². The van der Waals surface area contributed by atoms with Crippen LogP contribution in [0.1, 0.15) is 36.9 Å². The summed E-state index contributed by atoms with van der Waals surface area (Å²) in [6.07, 6.45) is 4.72. The number of aryl methyl sites for hydroxylation is 1. The first-order valence-corrected chi connectivity index (χ1v) is 10.6. The summed E-state index contributed by atoms with van der Waals surface area (Å²) in [6, 6.07) is 15.1. The van der Waals surface area contributed by atoms with E-state index in [0.717, 1.165) is 28.4 Å². The molecule has 0 unspecified atom stereocenters. The van der Waals surface area contributed by atoms with Crippen molar-refractivity contribution in [1.29, 1.82) is 0 Å². The molecule has 5 rings (SSSR count). The van der Waals surface area contributed by atoms with Gasteiger partial charge in [0.1, 0.15) is 11.6 Å². The van der Waals surface area contributed by atoms with Crippen molar-refractivity contribution in [3.8, 4) is 28.5 Å². The number of ether oxygens (including phenoxy) is 1. The van der Waals surface area contributed by atoms with Crippen molar-refractivity contribution in [2.45, 2.75) is 31.6 Å². The van der Waals surface area contributed by atoms with Crippen LogP contribution >= 0.6 is 0 Å². The Morgan fingerprint density at radius 2 is 1.88 bits per heavy atom. The molecule has 8 heteroatoms. The molecule has 1 amide bonds. The number of carbonyl (C=O) groups excluding carboxylic acids is 1. The first kappa shape index (κ1) is 20.0. The summed E-state index contributed by atoms with van der Waals surface area (Å²) in [6.45, 7) is 0. The van der Waals surface area contributed by atoms with E-state index in [0.29, 0.717) is 29.8 Å². The van der Waals surface area contributed by atoms with Gasteiger partial charge in [-0.05, 0) is 61.4 Å². The maximum Gasteiger partial charge on any atom is 0.224 e. The molecule has 8 nitrogen and oxygen atoms in total. The molecule has 0 bridgehead atoms. The lowest BCUT2D eigenvalue weighted by Crippen LogP contribution is -2.12. The van der Waals surface area contributed by atoms with E-state index in [4.69, 9.17) is 9.15 Å². The number of aromatic nitrogens is 4. The minimum Gasteiger partial charge on any atom is -0.497 e. The molecule has 0 radical (unpaired) electrons. The number of rotatable bonds is 8. The van der Waals surface area contributed by atoms with Crippen LogP contribution in [0.4, 0.5) is 5.69 Å². The van der Waals surface area contributed by atoms with Crippen LogP contribution in [0.15, 0.2) is 59.1 Å². The Balaban J connectivity index is 1.14. The second-order valence-electron chi connectivity index (χ2n) is 7.79. The summed E-state index contributed by atoms with van der Waals surface area (Å²) < 4.78 is 10.9. The van der Waals surface area contributed by atoms with Gasteiger partial charge in [0.2, 0.25) is 5.91 Å². The van der Waals surface area contributed by atoms with Gasteiger partial charge in [0.15, 0.2) is 17.5 Å². The van der Waals surface area contributed by atoms with Gasteiger partial charge in [0, 0.05) is 35.6 Å². The number of oxazole rings is 1. The molecule has 0 spiro atoms. The van der Waals surface area contributed by atoms with Gasteiger partial charge in [0.05, 0.1) is 13.3 Å². The van der Waals surface area contributed by atoms with Crippen LogP contribution in [0.3, 0.4) is 0 Å². The molecule has 1 aliphatic rings. The fourth-order valence-electron chi connectivity index (χ4n) is 3.40. The zero-order valence-corrected chi connectivity index (χ0v) is 17.7. The van der Waals surface area contributed by atoms with Crippen LogP contribution in [0.5, 0.6) is 5.75 Å². The van der Waals surface area contributed by atoms with Crippen molar-refractivity contribution in [1.82, 2.24) is 20.2 Å². The Bertz CT molecular complexity index is 1210. The Morgan fingerprint density at radius 3 is 2.59 bits per heavy atom. The number of hydrogen-bond donors (Lipinski definition) is 2. The zero-order valence-electron chi connectivity index (χ0n) is 17.7. The van der Waals surface area contributed by atoms with Gasteiger partial charge in [-0.2, -0.15) is 5.10 Å². The molecule has 0 aliphatic heterocycles. The molecule has 162 valence electrons. The number of methoxy groups -OCH3 is 1. The molecule has 1 aliphatic carbocycles. The van der Waals surface area contributed by atoms with E-state index in [1.807, 2.05) is 48.5 Å². The van der Waals surface area contributed by atoms with Gasteiger partial charge in [-0.15, -0.1) is 0 Å². The Morgan fingerprint density at radius 1 is 1.12 bits per heavy atom. The molecule has 0 atom stereocenters. The second kappa shape index (κ2) is 8.66. The van der Waals surface area contributed by atoms with Crippen molar-refractivity contribution in [2.75, 3.05) is 12.4 Å². The minimum atomic E-state index is -0.101. The van der Waals surface area contributed by atoms with Gasteiger partial charge < -0.3 is 14.5 Å². The van der Waals surface area contributed by atoms with Gasteiger partial charge in [-0.3, -0.25) is 9.89 Å². The van der Waals surface area contributed by atoms with E-state index in [2.05, 4.69) is 25.5 Å². The highest BCUT2D eigenvalue weighted by Gasteiger charge is 2.27. The van der Waals surface area contributed by atoms with E-state index in [-0.39, 0.29) is 12.3 Å². The number of nitrogens with one attached hydrogen (secondary N) is 2. The SMILES string of the molecule is COc1ccc(-c2cnc(CCC(=O)Nc3ccc(-c4n[nH]c(C5CC5)n4)cc3)o2)cc1. The fraction of sp³-hybridized carbons (Fsp3) is 0.250. The number of amides is 1. The second-order valence-corrected chi connectivity index (χ2v) is 7.79. The Hall–Kier alpha value is -3.94. The standard InChI is InChI=1S/C24H23N5O3/c1-31-19-10-6-15(7-11-19)20-14-25-22(32-20)13-12-21(30)26-18-8-4-17(5-9-18)24-27-23(28-29-24)16-2-3-16/h4-11,14,16H,2-3,12-13H2,1H3,(H,26,30)(H,27,28,29). The monoisotopic (exact) mass is 429 g/mol. The third kappa shape index (κ3) is 4.54. The van der Waals surface area contributed by atoms with E-state index in [9.17, 15) is 4.79 Å². The maximum absolute atomic E-state index is 12.3. The van der Waals surface area contributed by atoms with E-state index < -0.39 is 0 Å². The van der Waals surface area contributed by atoms with Crippen LogP contribution in [-0.2, 0) is 11.2 Å². The van der Waals surface area contributed by atoms with Crippen LogP contribution < -0.4 is 10.1 Å². The van der Waals surface area contributed by atoms with Crippen molar-refractivity contribution in [3.63, 3.8) is 0 Å². The summed E-state index contributed by atoms with van der Waals surface area (Å²) in [4.78, 5) is 21.2. The first-order chi connectivity index (χ1) is 15.7. The fourth-order valence-corrected chi connectivity index (χ4v) is 3.40. The highest BCUT2D eigenvalue weighted by molar-refractivity contribution is 5.91. The number of hydrogen-bond acceptors (Lipinski definition) is 6. The van der Waals surface area contributed by atoms with Gasteiger partial charge in [-0.1, -0.05) is 0 Å². The summed E-state index contributed by atoms with van der Waals surface area (Å²) in [5.74, 6) is 4.04. The molecule has 0 saturated heterocycles. The van der Waals surface area contributed by atoms with Crippen molar-refractivity contribution >= 4 is 11.6 Å². The molecule has 2 N–H and O–H groups in total. The predicted octanol–water partition coefficient (Wildman–Crippen LogP) is 4.58. The molecular formula is C24H23N5O3. The quantitative estimate of drug-likeness (QED) is 0.425. The van der Waals surface area contributed by atoms with Crippen LogP contribution in [0.2, 0.25) is 0 Å². The highest BCUT2D eigenvalue weighted by Crippen LogP contribution is 2.38. The van der Waals surface area contributed by atoms with Gasteiger partial charge in [-0.25, -0.2) is 9.97 Å². The maximum atomic E-state index is 12.3. The average molecular weight is 429 g/mol. The van der Waals surface area contributed by atoms with E-state index in [1.54, 1.807) is 13.3 Å². The Labute approximate surface area is 185 Å². The van der Waals surface area contributed by atoms with E-state index >= 15 is 0 Å². The number of nitrogens with zero attached hydrogens (tertiary/aromatic N) is 3. The average Bonchev–Trinajstić information content (AvgIpc) is 3.36. The van der Waals surface area contributed by atoms with Gasteiger partial charge in [0.25, 0.3) is 0 Å². The molecule has 4 aromatic rings. The van der Waals surface area contributed by atoms with Crippen LogP contribution in [0, 0.1) is 0 Å². The molecule has 1 fully saturated rings. The third-order valence-corrected chi connectivity index (χ3v) is 5.39. The summed E-state index contributed by atoms with van der Waals surface area (Å²) >= 11 is 0. The Kier molecular flexibility index (Phi) is 5.41. The van der Waals surface area contributed by atoms with Gasteiger partial charge >= 0.3 is 0 Å². The lowest BCUT2D eigenvalue weighted by molar-refractivity contribution is -0.116. The van der Waals surface area contributed by atoms with E-state index in [1.165, 1.54) is 12.8 Å². The zero-order chi connectivity index (χ0) is 21.9. The smallest absolute Gasteiger partial charge is 0.224 e. The topological polar surface area (TPSA) is 106 Å². The van der Waals surface area contributed by atoms with Crippen molar-refractivity contribution < 1.29 is 13.9 Å². The highest BCUT2D eigenvalue weighted by atomic mass is 16.5. The molecule has 32 heavy (non-hydrogen) atoms. The summed E-state index contributed by atoms with van der Waals surface area (Å²) in [5, 5.41) is 10.2. The summed E-state index contributed by atoms with van der Waals surface area (Å²) in [7, 11) is 1.63. The lowest BCUT2D eigenvalue weighted by atomic mass is 10.2. The van der Waals surface area contributed by atoms with Crippen molar-refractivity contribution in [3.05, 3.63) is 66.4 Å². The predicted molar refractivity (Wildman–Crippen MR) is 119 cm³/mol. The molecule has 1 saturated carbocycles. The molecular weight excluding hydrogens is 406 g/mol. The number of benzene rings is 2. The number of carbonyl (C=O) groups is 1. The number of anilines is 1. The minimum absolute atomic E-state index is 0.101. The first-order valence-electron chi connectivity index (χ1n) is 10.6. The number of H-pyrrole nitrogens is 1. The third-order valence-electron chi connectivity index (χ3n) is 5.39.